The van der Waals surface area contributed by atoms with E-state index in [1.165, 1.54) is 13.8 Å². The van der Waals surface area contributed by atoms with Gasteiger partial charge in [0.2, 0.25) is 0 Å². The van der Waals surface area contributed by atoms with E-state index in [2.05, 4.69) is 23.7 Å². The van der Waals surface area contributed by atoms with Crippen LogP contribution in [0.2, 0.25) is 0 Å². The molecule has 2 heteroatoms. The predicted molar refractivity (Wildman–Crippen MR) is 87.9 cm³/mol. The molecule has 0 bridgehead atoms. The summed E-state index contributed by atoms with van der Waals surface area (Å²) >= 11 is 0. The van der Waals surface area contributed by atoms with E-state index >= 15 is 0 Å². The molecular weight excluding hydrogens is 272 g/mol. The van der Waals surface area contributed by atoms with E-state index in [1.807, 2.05) is 60.7 Å². The lowest BCUT2D eigenvalue weighted by Gasteiger charge is -2.29. The van der Waals surface area contributed by atoms with Gasteiger partial charge in [-0.2, -0.15) is 0 Å². The van der Waals surface area contributed by atoms with Crippen LogP contribution in [0.4, 0.5) is 0 Å². The minimum Gasteiger partial charge on any atom is -0.374 e. The van der Waals surface area contributed by atoms with E-state index in [-0.39, 0.29) is 0 Å². The summed E-state index contributed by atoms with van der Waals surface area (Å²) in [4.78, 5) is 0. The minimum atomic E-state index is -1.65. The maximum absolute atomic E-state index is 10.5. The summed E-state index contributed by atoms with van der Waals surface area (Å²) in [7, 11) is 0. The van der Waals surface area contributed by atoms with Gasteiger partial charge in [0.25, 0.3) is 0 Å². The van der Waals surface area contributed by atoms with Crippen molar-refractivity contribution in [1.29, 1.82) is 0 Å². The maximum atomic E-state index is 10.5. The Morgan fingerprint density at radius 2 is 0.955 bits per heavy atom. The topological polar surface area (TPSA) is 40.5 Å². The van der Waals surface area contributed by atoms with E-state index in [4.69, 9.17) is 0 Å². The van der Waals surface area contributed by atoms with Gasteiger partial charge in [-0.15, -0.1) is 0 Å². The molecule has 0 unspecified atom stereocenters. The van der Waals surface area contributed by atoms with Crippen molar-refractivity contribution in [1.82, 2.24) is 0 Å². The normalized spacial score (nSPS) is 15.3. The molecule has 2 aromatic carbocycles. The standard InChI is InChI=1S/C20H18O2/c1-19(21,15-13-17-9-5-3-6-10-17)20(2,22)16-14-18-11-7-4-8-12-18/h3-12,21-22H,1-2H3/t19-,20+. The lowest BCUT2D eigenvalue weighted by Crippen LogP contribution is -2.48. The molecule has 2 N–H and O–H groups in total. The highest BCUT2D eigenvalue weighted by atomic mass is 16.3. The van der Waals surface area contributed by atoms with Crippen LogP contribution in [-0.2, 0) is 0 Å². The van der Waals surface area contributed by atoms with Crippen molar-refractivity contribution in [2.24, 2.45) is 0 Å². The summed E-state index contributed by atoms with van der Waals surface area (Å²) in [5, 5.41) is 20.9. The lowest BCUT2D eigenvalue weighted by molar-refractivity contribution is -0.0552. The van der Waals surface area contributed by atoms with Crippen LogP contribution in [0.25, 0.3) is 0 Å². The van der Waals surface area contributed by atoms with Crippen molar-refractivity contribution in [3.05, 3.63) is 71.8 Å². The third-order valence-electron chi connectivity index (χ3n) is 3.40. The van der Waals surface area contributed by atoms with Crippen molar-refractivity contribution in [3.63, 3.8) is 0 Å². The molecule has 0 aliphatic rings. The van der Waals surface area contributed by atoms with Gasteiger partial charge in [0.15, 0.2) is 11.2 Å². The third kappa shape index (κ3) is 3.99. The van der Waals surface area contributed by atoms with E-state index in [9.17, 15) is 10.2 Å². The fourth-order valence-electron chi connectivity index (χ4n) is 1.67. The van der Waals surface area contributed by atoms with Crippen LogP contribution >= 0.6 is 0 Å². The first kappa shape index (κ1) is 15.9. The summed E-state index contributed by atoms with van der Waals surface area (Å²) in [5.41, 5.74) is -1.75. The number of hydrogen-bond acceptors (Lipinski definition) is 2. The van der Waals surface area contributed by atoms with Crippen molar-refractivity contribution in [3.8, 4) is 23.7 Å². The van der Waals surface area contributed by atoms with Crippen LogP contribution in [0.15, 0.2) is 60.7 Å². The lowest BCUT2D eigenvalue weighted by atomic mass is 9.86. The highest BCUT2D eigenvalue weighted by Crippen LogP contribution is 2.21. The Bertz CT molecular complexity index is 669. The first-order valence-electron chi connectivity index (χ1n) is 7.02. The van der Waals surface area contributed by atoms with Crippen molar-refractivity contribution in [2.45, 2.75) is 25.0 Å². The van der Waals surface area contributed by atoms with Crippen molar-refractivity contribution >= 4 is 0 Å². The van der Waals surface area contributed by atoms with Gasteiger partial charge in [0, 0.05) is 11.1 Å². The molecule has 22 heavy (non-hydrogen) atoms. The molecule has 110 valence electrons. The summed E-state index contributed by atoms with van der Waals surface area (Å²) in [6.45, 7) is 2.92. The van der Waals surface area contributed by atoms with Gasteiger partial charge in [-0.25, -0.2) is 0 Å². The molecule has 0 saturated carbocycles. The van der Waals surface area contributed by atoms with E-state index in [0.717, 1.165) is 11.1 Å². The quantitative estimate of drug-likeness (QED) is 0.793. The van der Waals surface area contributed by atoms with E-state index in [1.54, 1.807) is 0 Å². The molecule has 0 aromatic heterocycles. The Labute approximate surface area is 131 Å². The molecule has 2 nitrogen and oxygen atoms in total. The van der Waals surface area contributed by atoms with Crippen LogP contribution in [0.3, 0.4) is 0 Å². The second-order valence-electron chi connectivity index (χ2n) is 5.38. The highest BCUT2D eigenvalue weighted by Gasteiger charge is 2.39. The second kappa shape index (κ2) is 6.50. The molecule has 0 fully saturated rings. The van der Waals surface area contributed by atoms with Gasteiger partial charge in [-0.05, 0) is 38.1 Å². The summed E-state index contributed by atoms with van der Waals surface area (Å²) in [6, 6.07) is 18.6. The molecule has 2 rings (SSSR count). The van der Waals surface area contributed by atoms with Crippen LogP contribution in [0.1, 0.15) is 25.0 Å². The highest BCUT2D eigenvalue weighted by molar-refractivity contribution is 5.41. The number of rotatable bonds is 1. The van der Waals surface area contributed by atoms with Crippen LogP contribution in [0.5, 0.6) is 0 Å². The molecule has 2 aromatic rings. The zero-order valence-corrected chi connectivity index (χ0v) is 12.7. The van der Waals surface area contributed by atoms with E-state index in [0.29, 0.717) is 0 Å². The Balaban J connectivity index is 2.24. The van der Waals surface area contributed by atoms with E-state index < -0.39 is 11.2 Å². The molecule has 0 aliphatic carbocycles. The summed E-state index contributed by atoms with van der Waals surface area (Å²) < 4.78 is 0. The number of aliphatic hydroxyl groups is 2. The fraction of sp³-hybridized carbons (Fsp3) is 0.200. The van der Waals surface area contributed by atoms with Crippen molar-refractivity contribution < 1.29 is 10.2 Å². The zero-order valence-electron chi connectivity index (χ0n) is 12.7. The number of hydrogen-bond donors (Lipinski definition) is 2. The van der Waals surface area contributed by atoms with Gasteiger partial charge < -0.3 is 10.2 Å². The number of benzene rings is 2. The summed E-state index contributed by atoms with van der Waals surface area (Å²) in [5.74, 6) is 11.1. The second-order valence-corrected chi connectivity index (χ2v) is 5.38. The zero-order chi connectivity index (χ0) is 16.1. The molecular formula is C20H18O2. The third-order valence-corrected chi connectivity index (χ3v) is 3.40. The predicted octanol–water partition coefficient (Wildman–Crippen LogP) is 2.59. The first-order chi connectivity index (χ1) is 10.4. The largest absolute Gasteiger partial charge is 0.374 e. The van der Waals surface area contributed by atoms with Gasteiger partial charge in [0.05, 0.1) is 0 Å². The van der Waals surface area contributed by atoms with Gasteiger partial charge in [-0.1, -0.05) is 60.1 Å². The van der Waals surface area contributed by atoms with Gasteiger partial charge in [0.1, 0.15) is 0 Å². The smallest absolute Gasteiger partial charge is 0.162 e. The molecule has 0 aliphatic heterocycles. The Hall–Kier alpha value is -2.52. The molecule has 0 amide bonds. The maximum Gasteiger partial charge on any atom is 0.162 e. The monoisotopic (exact) mass is 290 g/mol. The molecule has 0 saturated heterocycles. The molecule has 0 spiro atoms. The van der Waals surface area contributed by atoms with Gasteiger partial charge >= 0.3 is 0 Å². The fourth-order valence-corrected chi connectivity index (χ4v) is 1.67. The Morgan fingerprint density at radius 1 is 0.636 bits per heavy atom. The van der Waals surface area contributed by atoms with Crippen LogP contribution in [0, 0.1) is 23.7 Å². The average molecular weight is 290 g/mol. The van der Waals surface area contributed by atoms with Gasteiger partial charge in [-0.3, -0.25) is 0 Å². The minimum absolute atomic E-state index is 0.773. The average Bonchev–Trinajstić information content (AvgIpc) is 2.53. The molecule has 0 heterocycles. The Morgan fingerprint density at radius 3 is 1.27 bits per heavy atom. The molecule has 2 atom stereocenters. The Kier molecular flexibility index (Phi) is 4.68. The van der Waals surface area contributed by atoms with Crippen LogP contribution in [-0.4, -0.2) is 21.4 Å². The van der Waals surface area contributed by atoms with Crippen LogP contribution < -0.4 is 0 Å². The first-order valence-corrected chi connectivity index (χ1v) is 7.02. The summed E-state index contributed by atoms with van der Waals surface area (Å²) in [6.07, 6.45) is 0. The van der Waals surface area contributed by atoms with Crippen molar-refractivity contribution in [2.75, 3.05) is 0 Å². The molecule has 0 radical (unpaired) electrons. The SMILES string of the molecule is C[C@](O)(C#Cc1ccccc1)[C@](C)(O)C#Cc1ccccc1.